The van der Waals surface area contributed by atoms with Gasteiger partial charge < -0.3 is 11.1 Å². The Labute approximate surface area is 166 Å². The molecule has 3 N–H and O–H groups in total. The third-order valence-electron chi connectivity index (χ3n) is 4.87. The molecule has 1 aliphatic carbocycles. The Morgan fingerprint density at radius 2 is 2.24 bits per heavy atom. The molecule has 0 aliphatic heterocycles. The quantitative estimate of drug-likeness (QED) is 0.491. The lowest BCUT2D eigenvalue weighted by Gasteiger charge is -2.36. The van der Waals surface area contributed by atoms with Gasteiger partial charge in [-0.15, -0.1) is 0 Å². The molecule has 9 nitrogen and oxygen atoms in total. The van der Waals surface area contributed by atoms with Crippen molar-refractivity contribution < 1.29 is 18.5 Å². The minimum Gasteiger partial charge on any atom is -0.340 e. The lowest BCUT2D eigenvalue weighted by molar-refractivity contribution is -0.379. The van der Waals surface area contributed by atoms with E-state index in [9.17, 15) is 23.7 Å². The molecule has 0 radical (unpaired) electrons. The van der Waals surface area contributed by atoms with Gasteiger partial charge in [-0.3, -0.25) is 14.9 Å². The van der Waals surface area contributed by atoms with Gasteiger partial charge >= 0.3 is 5.00 Å². The highest BCUT2D eigenvalue weighted by Gasteiger charge is 2.47. The van der Waals surface area contributed by atoms with E-state index in [1.54, 1.807) is 24.4 Å². The number of fused-ring (bicyclic) bond motifs is 1. The summed E-state index contributed by atoms with van der Waals surface area (Å²) in [5.41, 5.74) is 6.67. The van der Waals surface area contributed by atoms with Crippen LogP contribution in [0, 0.1) is 10.1 Å². The SMILES string of the molecule is NC1CCCC(F)(F)C1NC(=O)c1nc(-c2cnn3ccccc23)c([N+](=O)[O-])s1. The van der Waals surface area contributed by atoms with E-state index < -0.39 is 28.8 Å². The number of carbonyl (C=O) groups is 1. The number of pyridine rings is 1. The maximum absolute atomic E-state index is 14.2. The zero-order valence-corrected chi connectivity index (χ0v) is 15.7. The molecule has 0 spiro atoms. The van der Waals surface area contributed by atoms with Gasteiger partial charge in [0.15, 0.2) is 10.7 Å². The van der Waals surface area contributed by atoms with Crippen LogP contribution in [0.5, 0.6) is 0 Å². The molecule has 0 saturated heterocycles. The second-order valence-corrected chi connectivity index (χ2v) is 7.76. The molecule has 0 aromatic carbocycles. The van der Waals surface area contributed by atoms with Crippen molar-refractivity contribution in [1.82, 2.24) is 19.9 Å². The number of rotatable bonds is 4. The van der Waals surface area contributed by atoms with E-state index in [-0.39, 0.29) is 28.5 Å². The van der Waals surface area contributed by atoms with E-state index in [4.69, 9.17) is 5.73 Å². The van der Waals surface area contributed by atoms with Crippen molar-refractivity contribution in [2.24, 2.45) is 5.73 Å². The average Bonchev–Trinajstić information content (AvgIpc) is 3.28. The zero-order chi connectivity index (χ0) is 20.8. The fourth-order valence-electron chi connectivity index (χ4n) is 3.45. The lowest BCUT2D eigenvalue weighted by Crippen LogP contribution is -2.59. The fourth-order valence-corrected chi connectivity index (χ4v) is 4.25. The number of thiazole rings is 1. The molecule has 1 fully saturated rings. The summed E-state index contributed by atoms with van der Waals surface area (Å²) in [6.45, 7) is 0. The number of hydrogen-bond donors (Lipinski definition) is 2. The van der Waals surface area contributed by atoms with Crippen LogP contribution in [-0.2, 0) is 0 Å². The normalized spacial score (nSPS) is 21.2. The first-order chi connectivity index (χ1) is 13.8. The van der Waals surface area contributed by atoms with Crippen LogP contribution in [0.15, 0.2) is 30.6 Å². The highest BCUT2D eigenvalue weighted by Crippen LogP contribution is 2.38. The molecule has 1 amide bonds. The molecule has 3 aromatic rings. The maximum atomic E-state index is 14.2. The Bertz CT molecular complexity index is 1100. The number of nitrogens with one attached hydrogen (secondary N) is 1. The summed E-state index contributed by atoms with van der Waals surface area (Å²) in [5.74, 6) is -4.07. The van der Waals surface area contributed by atoms with Crippen LogP contribution in [0.4, 0.5) is 13.8 Å². The van der Waals surface area contributed by atoms with E-state index in [1.807, 2.05) is 0 Å². The average molecular weight is 422 g/mol. The summed E-state index contributed by atoms with van der Waals surface area (Å²) in [5, 5.41) is 17.2. The van der Waals surface area contributed by atoms with Gasteiger partial charge in [-0.25, -0.2) is 18.3 Å². The predicted molar refractivity (Wildman–Crippen MR) is 101 cm³/mol. The molecule has 3 heterocycles. The molecule has 2 atom stereocenters. The molecule has 0 bridgehead atoms. The van der Waals surface area contributed by atoms with Crippen molar-refractivity contribution in [1.29, 1.82) is 0 Å². The van der Waals surface area contributed by atoms with Crippen LogP contribution in [0.2, 0.25) is 0 Å². The van der Waals surface area contributed by atoms with Crippen LogP contribution in [0.1, 0.15) is 29.1 Å². The van der Waals surface area contributed by atoms with Gasteiger partial charge in [0.05, 0.1) is 22.2 Å². The van der Waals surface area contributed by atoms with Gasteiger partial charge in [0.1, 0.15) is 6.04 Å². The maximum Gasteiger partial charge on any atom is 0.352 e. The van der Waals surface area contributed by atoms with Crippen molar-refractivity contribution in [3.8, 4) is 11.3 Å². The van der Waals surface area contributed by atoms with E-state index in [1.165, 1.54) is 10.7 Å². The number of nitrogens with two attached hydrogens (primary N) is 1. The van der Waals surface area contributed by atoms with Crippen LogP contribution in [0.3, 0.4) is 0 Å². The third kappa shape index (κ3) is 3.44. The van der Waals surface area contributed by atoms with Crippen LogP contribution < -0.4 is 11.1 Å². The largest absolute Gasteiger partial charge is 0.352 e. The molecule has 3 aromatic heterocycles. The Hall–Kier alpha value is -2.99. The summed E-state index contributed by atoms with van der Waals surface area (Å²) < 4.78 is 29.9. The number of nitro groups is 1. The number of hydrogen-bond acceptors (Lipinski definition) is 7. The van der Waals surface area contributed by atoms with Gasteiger partial charge in [0.25, 0.3) is 11.8 Å². The van der Waals surface area contributed by atoms with E-state index in [0.717, 1.165) is 0 Å². The number of nitrogens with zero attached hydrogens (tertiary/aromatic N) is 4. The smallest absolute Gasteiger partial charge is 0.340 e. The minimum absolute atomic E-state index is 0.0361. The molecule has 1 saturated carbocycles. The van der Waals surface area contributed by atoms with Gasteiger partial charge in [0, 0.05) is 18.7 Å². The summed E-state index contributed by atoms with van der Waals surface area (Å²) >= 11 is 0.527. The number of alkyl halides is 2. The molecule has 152 valence electrons. The van der Waals surface area contributed by atoms with Crippen molar-refractivity contribution in [3.63, 3.8) is 0 Å². The van der Waals surface area contributed by atoms with E-state index in [0.29, 0.717) is 28.8 Å². The first kappa shape index (κ1) is 19.3. The Morgan fingerprint density at radius 3 is 2.97 bits per heavy atom. The second-order valence-electron chi connectivity index (χ2n) is 6.79. The minimum atomic E-state index is -3.15. The standard InChI is InChI=1S/C17H16F2N6O3S/c18-17(19)6-3-4-10(20)13(17)23-14(26)15-22-12(16(29-15)25(27)28)9-8-21-24-7-2-1-5-11(9)24/h1-2,5,7-8,10,13H,3-4,6,20H2,(H,23,26). The lowest BCUT2D eigenvalue weighted by atomic mass is 9.87. The van der Waals surface area contributed by atoms with Crippen molar-refractivity contribution in [2.75, 3.05) is 0 Å². The molecule has 29 heavy (non-hydrogen) atoms. The van der Waals surface area contributed by atoms with Crippen LogP contribution in [-0.4, -0.2) is 43.4 Å². The molecular formula is C17H16F2N6O3S. The predicted octanol–water partition coefficient (Wildman–Crippen LogP) is 2.61. The molecular weight excluding hydrogens is 406 g/mol. The number of halogens is 2. The Morgan fingerprint density at radius 1 is 1.45 bits per heavy atom. The monoisotopic (exact) mass is 422 g/mol. The topological polar surface area (TPSA) is 128 Å². The zero-order valence-electron chi connectivity index (χ0n) is 14.9. The van der Waals surface area contributed by atoms with E-state index in [2.05, 4.69) is 15.4 Å². The second kappa shape index (κ2) is 7.12. The van der Waals surface area contributed by atoms with Gasteiger partial charge in [-0.2, -0.15) is 5.10 Å². The summed E-state index contributed by atoms with van der Waals surface area (Å²) in [7, 11) is 0. The van der Waals surface area contributed by atoms with Gasteiger partial charge in [0.2, 0.25) is 0 Å². The van der Waals surface area contributed by atoms with Crippen molar-refractivity contribution >= 4 is 27.8 Å². The van der Waals surface area contributed by atoms with Crippen LogP contribution in [0.25, 0.3) is 16.8 Å². The van der Waals surface area contributed by atoms with E-state index >= 15 is 0 Å². The number of amides is 1. The third-order valence-corrected chi connectivity index (χ3v) is 5.87. The first-order valence-corrected chi connectivity index (χ1v) is 9.62. The molecule has 12 heteroatoms. The molecule has 1 aliphatic rings. The van der Waals surface area contributed by atoms with Crippen molar-refractivity contribution in [2.45, 2.75) is 37.3 Å². The highest BCUT2D eigenvalue weighted by atomic mass is 32.1. The van der Waals surface area contributed by atoms with Crippen molar-refractivity contribution in [3.05, 3.63) is 45.7 Å². The summed E-state index contributed by atoms with van der Waals surface area (Å²) in [4.78, 5) is 27.5. The molecule has 4 rings (SSSR count). The molecule has 2 unspecified atom stereocenters. The van der Waals surface area contributed by atoms with Crippen LogP contribution >= 0.6 is 11.3 Å². The number of carbonyl (C=O) groups excluding carboxylic acids is 1. The summed E-state index contributed by atoms with van der Waals surface area (Å²) in [6.07, 6.45) is 3.31. The Balaban J connectivity index is 1.70. The highest BCUT2D eigenvalue weighted by molar-refractivity contribution is 7.17. The fraction of sp³-hybridized carbons (Fsp3) is 0.353. The Kier molecular flexibility index (Phi) is 4.74. The summed E-state index contributed by atoms with van der Waals surface area (Å²) in [6, 6.07) is 2.72. The number of aromatic nitrogens is 3. The van der Waals surface area contributed by atoms with Gasteiger partial charge in [-0.1, -0.05) is 6.07 Å². The van der Waals surface area contributed by atoms with Gasteiger partial charge in [-0.05, 0) is 36.3 Å². The first-order valence-electron chi connectivity index (χ1n) is 8.80.